The van der Waals surface area contributed by atoms with Crippen LogP contribution >= 0.6 is 11.3 Å². The molecule has 4 nitrogen and oxygen atoms in total. The molecule has 1 spiro atoms. The van der Waals surface area contributed by atoms with Gasteiger partial charge in [0, 0.05) is 12.6 Å². The van der Waals surface area contributed by atoms with Gasteiger partial charge in [0.05, 0.1) is 0 Å². The maximum atomic E-state index is 12.9. The van der Waals surface area contributed by atoms with Crippen LogP contribution in [0.4, 0.5) is 0 Å². The lowest BCUT2D eigenvalue weighted by atomic mass is 9.93. The number of thiophene rings is 1. The van der Waals surface area contributed by atoms with E-state index in [0.29, 0.717) is 18.0 Å². The van der Waals surface area contributed by atoms with E-state index in [9.17, 15) is 4.79 Å². The molecule has 1 aliphatic carbocycles. The molecule has 2 fully saturated rings. The van der Waals surface area contributed by atoms with Crippen molar-refractivity contribution in [3.63, 3.8) is 0 Å². The normalized spacial score (nSPS) is 21.0. The molecule has 1 aromatic heterocycles. The highest BCUT2D eigenvalue weighted by molar-refractivity contribution is 7.07. The van der Waals surface area contributed by atoms with Crippen LogP contribution in [-0.2, 0) is 11.3 Å². The molecule has 1 N–H and O–H groups in total. The van der Waals surface area contributed by atoms with E-state index in [2.05, 4.69) is 27.0 Å². The van der Waals surface area contributed by atoms with Crippen LogP contribution in [0.2, 0.25) is 0 Å². The number of benzene rings is 1. The van der Waals surface area contributed by atoms with Gasteiger partial charge >= 0.3 is 0 Å². The summed E-state index contributed by atoms with van der Waals surface area (Å²) in [6.45, 7) is 2.94. The number of hydrogen-bond acceptors (Lipinski definition) is 4. The largest absolute Gasteiger partial charge is 0.484 e. The third-order valence-electron chi connectivity index (χ3n) is 5.48. The highest BCUT2D eigenvalue weighted by atomic mass is 32.1. The first-order chi connectivity index (χ1) is 12.3. The van der Waals surface area contributed by atoms with Gasteiger partial charge in [-0.2, -0.15) is 11.3 Å². The summed E-state index contributed by atoms with van der Waals surface area (Å²) >= 11 is 1.68. The Bertz CT molecular complexity index is 696. The molecule has 0 bridgehead atoms. The fourth-order valence-corrected chi connectivity index (χ4v) is 4.58. The third kappa shape index (κ3) is 3.72. The molecular weight excluding hydrogens is 332 g/mol. The van der Waals surface area contributed by atoms with Crippen molar-refractivity contribution in [2.24, 2.45) is 5.41 Å². The Balaban J connectivity index is 1.44. The van der Waals surface area contributed by atoms with E-state index in [1.807, 2.05) is 30.3 Å². The fraction of sp³-hybridized carbons (Fsp3) is 0.450. The monoisotopic (exact) mass is 356 g/mol. The Kier molecular flexibility index (Phi) is 4.77. The lowest BCUT2D eigenvalue weighted by Crippen LogP contribution is -2.41. The van der Waals surface area contributed by atoms with E-state index in [4.69, 9.17) is 4.74 Å². The Morgan fingerprint density at radius 2 is 2.04 bits per heavy atom. The molecular formula is C20H24N2O2S. The number of nitrogens with zero attached hydrogens (tertiary/aromatic N) is 1. The second-order valence-electron chi connectivity index (χ2n) is 7.09. The minimum absolute atomic E-state index is 0.0930. The van der Waals surface area contributed by atoms with Gasteiger partial charge in [-0.15, -0.1) is 0 Å². The summed E-state index contributed by atoms with van der Waals surface area (Å²) in [6.07, 6.45) is 3.48. The highest BCUT2D eigenvalue weighted by Gasteiger charge is 2.57. The first kappa shape index (κ1) is 16.6. The lowest BCUT2D eigenvalue weighted by molar-refractivity contribution is -0.135. The maximum absolute atomic E-state index is 12.9. The molecule has 1 atom stereocenters. The second-order valence-corrected chi connectivity index (χ2v) is 7.87. The van der Waals surface area contributed by atoms with Gasteiger partial charge in [-0.3, -0.25) is 4.79 Å². The van der Waals surface area contributed by atoms with Crippen molar-refractivity contribution < 1.29 is 9.53 Å². The fourth-order valence-electron chi connectivity index (χ4n) is 3.93. The van der Waals surface area contributed by atoms with Gasteiger partial charge in [-0.05, 0) is 72.3 Å². The molecule has 5 heteroatoms. The van der Waals surface area contributed by atoms with E-state index < -0.39 is 0 Å². The maximum Gasteiger partial charge on any atom is 0.261 e. The van der Waals surface area contributed by atoms with Gasteiger partial charge in [-0.25, -0.2) is 0 Å². The Morgan fingerprint density at radius 3 is 2.76 bits per heavy atom. The summed E-state index contributed by atoms with van der Waals surface area (Å²) in [6, 6.07) is 12.1. The molecule has 0 radical (unpaired) electrons. The highest BCUT2D eigenvalue weighted by Crippen LogP contribution is 2.56. The summed E-state index contributed by atoms with van der Waals surface area (Å²) in [7, 11) is 0. The average Bonchev–Trinajstić information content (AvgIpc) is 3.08. The Hall–Kier alpha value is -1.85. The average molecular weight is 356 g/mol. The van der Waals surface area contributed by atoms with E-state index >= 15 is 0 Å². The minimum Gasteiger partial charge on any atom is -0.484 e. The standard InChI is InChI=1S/C20H24N2O2S/c23-19(14-24-17-4-2-1-3-5-17)22(13-16-6-11-25-15-16)18-12-20(18)7-9-21-10-8-20/h1-6,11,15,18,21H,7-10,12-14H2. The Morgan fingerprint density at radius 1 is 1.24 bits per heavy atom. The van der Waals surface area contributed by atoms with E-state index in [0.717, 1.165) is 25.3 Å². The predicted molar refractivity (Wildman–Crippen MR) is 99.7 cm³/mol. The van der Waals surface area contributed by atoms with E-state index in [1.165, 1.54) is 18.4 Å². The summed E-state index contributed by atoms with van der Waals surface area (Å²) in [5.74, 6) is 0.842. The number of carbonyl (C=O) groups is 1. The first-order valence-corrected chi connectivity index (χ1v) is 9.90. The van der Waals surface area contributed by atoms with Gasteiger partial charge in [0.1, 0.15) is 5.75 Å². The number of para-hydroxylation sites is 1. The second kappa shape index (κ2) is 7.18. The first-order valence-electron chi connectivity index (χ1n) is 8.96. The molecule has 4 rings (SSSR count). The minimum atomic E-state index is 0.0930. The van der Waals surface area contributed by atoms with Crippen molar-refractivity contribution in [3.05, 3.63) is 52.7 Å². The van der Waals surface area contributed by atoms with Crippen LogP contribution in [0.15, 0.2) is 47.2 Å². The molecule has 132 valence electrons. The number of carbonyl (C=O) groups excluding carboxylic acids is 1. The molecule has 1 amide bonds. The quantitative estimate of drug-likeness (QED) is 0.863. The molecule has 1 unspecified atom stereocenters. The Labute approximate surface area is 152 Å². The van der Waals surface area contributed by atoms with Crippen LogP contribution in [0.5, 0.6) is 5.75 Å². The molecule has 2 aliphatic rings. The molecule has 25 heavy (non-hydrogen) atoms. The van der Waals surface area contributed by atoms with Gasteiger partial charge in [0.25, 0.3) is 5.91 Å². The summed E-state index contributed by atoms with van der Waals surface area (Å²) in [5.41, 5.74) is 1.55. The predicted octanol–water partition coefficient (Wildman–Crippen LogP) is 3.30. The van der Waals surface area contributed by atoms with Crippen LogP contribution in [0, 0.1) is 5.41 Å². The van der Waals surface area contributed by atoms with Crippen molar-refractivity contribution in [1.82, 2.24) is 10.2 Å². The van der Waals surface area contributed by atoms with Crippen molar-refractivity contribution in [2.75, 3.05) is 19.7 Å². The van der Waals surface area contributed by atoms with E-state index in [1.54, 1.807) is 11.3 Å². The lowest BCUT2D eigenvalue weighted by Gasteiger charge is -2.29. The number of hydrogen-bond donors (Lipinski definition) is 1. The van der Waals surface area contributed by atoms with Crippen LogP contribution in [-0.4, -0.2) is 36.5 Å². The van der Waals surface area contributed by atoms with Crippen molar-refractivity contribution >= 4 is 17.2 Å². The van der Waals surface area contributed by atoms with Crippen molar-refractivity contribution in [1.29, 1.82) is 0 Å². The zero-order valence-electron chi connectivity index (χ0n) is 14.3. The SMILES string of the molecule is O=C(COc1ccccc1)N(Cc1ccsc1)C1CC12CCNCC2. The zero-order valence-corrected chi connectivity index (χ0v) is 15.1. The number of amides is 1. The smallest absolute Gasteiger partial charge is 0.261 e. The summed E-state index contributed by atoms with van der Waals surface area (Å²) in [5, 5.41) is 7.64. The molecule has 2 heterocycles. The van der Waals surface area contributed by atoms with Crippen molar-refractivity contribution in [3.8, 4) is 5.75 Å². The summed E-state index contributed by atoms with van der Waals surface area (Å²) < 4.78 is 5.72. The van der Waals surface area contributed by atoms with Crippen LogP contribution in [0.3, 0.4) is 0 Å². The third-order valence-corrected chi connectivity index (χ3v) is 6.21. The number of rotatable bonds is 6. The number of piperidine rings is 1. The molecule has 2 aromatic rings. The van der Waals surface area contributed by atoms with Crippen LogP contribution in [0.1, 0.15) is 24.8 Å². The van der Waals surface area contributed by atoms with Crippen LogP contribution < -0.4 is 10.1 Å². The van der Waals surface area contributed by atoms with Gasteiger partial charge in [0.2, 0.25) is 0 Å². The molecule has 1 aliphatic heterocycles. The van der Waals surface area contributed by atoms with Gasteiger partial charge in [0.15, 0.2) is 6.61 Å². The molecule has 1 saturated carbocycles. The topological polar surface area (TPSA) is 41.6 Å². The molecule has 1 saturated heterocycles. The van der Waals surface area contributed by atoms with Gasteiger partial charge in [-0.1, -0.05) is 18.2 Å². The van der Waals surface area contributed by atoms with Gasteiger partial charge < -0.3 is 15.0 Å². The summed E-state index contributed by atoms with van der Waals surface area (Å²) in [4.78, 5) is 15.0. The number of nitrogens with one attached hydrogen (secondary N) is 1. The number of ether oxygens (including phenoxy) is 1. The molecule has 1 aromatic carbocycles. The zero-order chi connectivity index (χ0) is 17.1. The van der Waals surface area contributed by atoms with Crippen LogP contribution in [0.25, 0.3) is 0 Å². The van der Waals surface area contributed by atoms with Crippen molar-refractivity contribution in [2.45, 2.75) is 31.8 Å². The van der Waals surface area contributed by atoms with E-state index in [-0.39, 0.29) is 12.5 Å².